The highest BCUT2D eigenvalue weighted by Gasteiger charge is 2.02. The standard InChI is InChI=1S/C17H19NO2S/c1-14-6-5-9-16(12-14)20-10-11-21-13-17(19)18-15-7-3-2-4-8-15/h2-9,12H,10-11,13H2,1H3,(H,18,19). The number of rotatable bonds is 7. The van der Waals surface area contributed by atoms with Gasteiger partial charge in [-0.1, -0.05) is 30.3 Å². The van der Waals surface area contributed by atoms with E-state index in [1.54, 1.807) is 11.8 Å². The second-order valence-electron chi connectivity index (χ2n) is 4.63. The molecule has 0 aromatic heterocycles. The summed E-state index contributed by atoms with van der Waals surface area (Å²) >= 11 is 1.57. The van der Waals surface area contributed by atoms with E-state index in [0.29, 0.717) is 12.4 Å². The molecule has 2 rings (SSSR count). The van der Waals surface area contributed by atoms with Gasteiger partial charge < -0.3 is 10.1 Å². The molecule has 0 aliphatic heterocycles. The van der Waals surface area contributed by atoms with Crippen molar-refractivity contribution in [3.05, 3.63) is 60.2 Å². The quantitative estimate of drug-likeness (QED) is 0.792. The first kappa shape index (κ1) is 15.4. The van der Waals surface area contributed by atoms with Gasteiger partial charge in [-0.25, -0.2) is 0 Å². The van der Waals surface area contributed by atoms with E-state index in [4.69, 9.17) is 4.74 Å². The van der Waals surface area contributed by atoms with Crippen molar-refractivity contribution in [3.8, 4) is 5.75 Å². The molecule has 0 bridgehead atoms. The monoisotopic (exact) mass is 301 g/mol. The van der Waals surface area contributed by atoms with Gasteiger partial charge in [0, 0.05) is 11.4 Å². The number of nitrogens with one attached hydrogen (secondary N) is 1. The summed E-state index contributed by atoms with van der Waals surface area (Å²) in [6.07, 6.45) is 0. The molecule has 0 saturated carbocycles. The largest absolute Gasteiger partial charge is 0.493 e. The molecule has 21 heavy (non-hydrogen) atoms. The van der Waals surface area contributed by atoms with Crippen LogP contribution < -0.4 is 10.1 Å². The van der Waals surface area contributed by atoms with Crippen LogP contribution in [0.15, 0.2) is 54.6 Å². The Morgan fingerprint density at radius 3 is 2.71 bits per heavy atom. The molecule has 0 radical (unpaired) electrons. The molecule has 1 N–H and O–H groups in total. The van der Waals surface area contributed by atoms with Gasteiger partial charge >= 0.3 is 0 Å². The zero-order valence-corrected chi connectivity index (χ0v) is 12.9. The molecule has 2 aromatic rings. The smallest absolute Gasteiger partial charge is 0.234 e. The second-order valence-corrected chi connectivity index (χ2v) is 5.74. The van der Waals surface area contributed by atoms with E-state index in [1.165, 1.54) is 5.56 Å². The van der Waals surface area contributed by atoms with Gasteiger partial charge in [0.25, 0.3) is 0 Å². The lowest BCUT2D eigenvalue weighted by atomic mass is 10.2. The van der Waals surface area contributed by atoms with Crippen LogP contribution >= 0.6 is 11.8 Å². The van der Waals surface area contributed by atoms with Crippen LogP contribution in [0.3, 0.4) is 0 Å². The summed E-state index contributed by atoms with van der Waals surface area (Å²) in [6, 6.07) is 17.4. The summed E-state index contributed by atoms with van der Waals surface area (Å²) in [5, 5.41) is 2.86. The van der Waals surface area contributed by atoms with Crippen molar-refractivity contribution in [2.45, 2.75) is 6.92 Å². The minimum Gasteiger partial charge on any atom is -0.493 e. The van der Waals surface area contributed by atoms with Crippen molar-refractivity contribution in [1.29, 1.82) is 0 Å². The van der Waals surface area contributed by atoms with Crippen LogP contribution in [0.1, 0.15) is 5.56 Å². The van der Waals surface area contributed by atoms with Gasteiger partial charge in [0.2, 0.25) is 5.91 Å². The molecular weight excluding hydrogens is 282 g/mol. The van der Waals surface area contributed by atoms with E-state index in [0.717, 1.165) is 17.2 Å². The summed E-state index contributed by atoms with van der Waals surface area (Å²) in [6.45, 7) is 2.64. The predicted octanol–water partition coefficient (Wildman–Crippen LogP) is 3.75. The van der Waals surface area contributed by atoms with Gasteiger partial charge in [-0.3, -0.25) is 4.79 Å². The number of carbonyl (C=O) groups excluding carboxylic acids is 1. The average Bonchev–Trinajstić information content (AvgIpc) is 2.48. The molecule has 4 heteroatoms. The van der Waals surface area contributed by atoms with E-state index in [2.05, 4.69) is 5.32 Å². The maximum absolute atomic E-state index is 11.7. The van der Waals surface area contributed by atoms with Crippen LogP contribution in [0.4, 0.5) is 5.69 Å². The van der Waals surface area contributed by atoms with Gasteiger partial charge in [-0.2, -0.15) is 0 Å². The highest BCUT2D eigenvalue weighted by molar-refractivity contribution is 7.99. The van der Waals surface area contributed by atoms with Crippen molar-refractivity contribution in [1.82, 2.24) is 0 Å². The van der Waals surface area contributed by atoms with Crippen LogP contribution in [0.5, 0.6) is 5.75 Å². The Morgan fingerprint density at radius 2 is 1.95 bits per heavy atom. The first-order chi connectivity index (χ1) is 10.2. The Bertz CT molecular complexity index is 572. The Hall–Kier alpha value is -1.94. The first-order valence-electron chi connectivity index (χ1n) is 6.86. The van der Waals surface area contributed by atoms with Gasteiger partial charge in [-0.05, 0) is 36.8 Å². The third-order valence-corrected chi connectivity index (χ3v) is 3.70. The number of ether oxygens (including phenoxy) is 1. The fraction of sp³-hybridized carbons (Fsp3) is 0.235. The fourth-order valence-electron chi connectivity index (χ4n) is 1.81. The number of para-hydroxylation sites is 1. The highest BCUT2D eigenvalue weighted by Crippen LogP contribution is 2.13. The molecule has 0 aliphatic rings. The minimum atomic E-state index is 0.0155. The lowest BCUT2D eigenvalue weighted by Gasteiger charge is -2.07. The van der Waals surface area contributed by atoms with Crippen LogP contribution in [-0.4, -0.2) is 24.0 Å². The van der Waals surface area contributed by atoms with E-state index >= 15 is 0 Å². The van der Waals surface area contributed by atoms with Gasteiger partial charge in [0.05, 0.1) is 12.4 Å². The third kappa shape index (κ3) is 5.92. The molecule has 2 aromatic carbocycles. The number of thioether (sulfide) groups is 1. The van der Waals surface area contributed by atoms with Crippen molar-refractivity contribution in [2.75, 3.05) is 23.4 Å². The van der Waals surface area contributed by atoms with Crippen LogP contribution in [0.2, 0.25) is 0 Å². The zero-order chi connectivity index (χ0) is 14.9. The topological polar surface area (TPSA) is 38.3 Å². The zero-order valence-electron chi connectivity index (χ0n) is 12.0. The maximum atomic E-state index is 11.7. The molecule has 3 nitrogen and oxygen atoms in total. The van der Waals surface area contributed by atoms with Gasteiger partial charge in [0.1, 0.15) is 5.75 Å². The molecular formula is C17H19NO2S. The first-order valence-corrected chi connectivity index (χ1v) is 8.01. The predicted molar refractivity (Wildman–Crippen MR) is 89.1 cm³/mol. The van der Waals surface area contributed by atoms with Crippen LogP contribution in [0.25, 0.3) is 0 Å². The highest BCUT2D eigenvalue weighted by atomic mass is 32.2. The van der Waals surface area contributed by atoms with E-state index < -0.39 is 0 Å². The maximum Gasteiger partial charge on any atom is 0.234 e. The number of aryl methyl sites for hydroxylation is 1. The van der Waals surface area contributed by atoms with Crippen molar-refractivity contribution < 1.29 is 9.53 Å². The number of amides is 1. The van der Waals surface area contributed by atoms with Crippen molar-refractivity contribution in [2.24, 2.45) is 0 Å². The SMILES string of the molecule is Cc1cccc(OCCSCC(=O)Nc2ccccc2)c1. The van der Waals surface area contributed by atoms with Gasteiger partial charge in [0.15, 0.2) is 0 Å². The number of hydrogen-bond acceptors (Lipinski definition) is 3. The van der Waals surface area contributed by atoms with Crippen molar-refractivity contribution >= 4 is 23.4 Å². The van der Waals surface area contributed by atoms with Crippen LogP contribution in [0, 0.1) is 6.92 Å². The second kappa shape index (κ2) is 8.37. The third-order valence-electron chi connectivity index (χ3n) is 2.78. The summed E-state index contributed by atoms with van der Waals surface area (Å²) in [5.74, 6) is 2.12. The Morgan fingerprint density at radius 1 is 1.14 bits per heavy atom. The van der Waals surface area contributed by atoms with E-state index in [1.807, 2.05) is 61.5 Å². The molecule has 0 aliphatic carbocycles. The van der Waals surface area contributed by atoms with E-state index in [-0.39, 0.29) is 5.91 Å². The molecule has 0 spiro atoms. The molecule has 0 heterocycles. The molecule has 110 valence electrons. The lowest BCUT2D eigenvalue weighted by Crippen LogP contribution is -2.15. The molecule has 0 fully saturated rings. The van der Waals surface area contributed by atoms with Gasteiger partial charge in [-0.15, -0.1) is 11.8 Å². The summed E-state index contributed by atoms with van der Waals surface area (Å²) in [7, 11) is 0. The fourth-order valence-corrected chi connectivity index (χ4v) is 2.41. The molecule has 1 amide bonds. The normalized spacial score (nSPS) is 10.1. The molecule has 0 unspecified atom stereocenters. The number of hydrogen-bond donors (Lipinski definition) is 1. The van der Waals surface area contributed by atoms with E-state index in [9.17, 15) is 4.79 Å². The van der Waals surface area contributed by atoms with Crippen LogP contribution in [-0.2, 0) is 4.79 Å². The Labute approximate surface area is 129 Å². The Kier molecular flexibility index (Phi) is 6.16. The number of anilines is 1. The lowest BCUT2D eigenvalue weighted by molar-refractivity contribution is -0.113. The molecule has 0 saturated heterocycles. The summed E-state index contributed by atoms with van der Waals surface area (Å²) in [5.41, 5.74) is 2.02. The average molecular weight is 301 g/mol. The summed E-state index contributed by atoms with van der Waals surface area (Å²) in [4.78, 5) is 11.7. The minimum absolute atomic E-state index is 0.0155. The summed E-state index contributed by atoms with van der Waals surface area (Å²) < 4.78 is 5.63. The number of benzene rings is 2. The molecule has 0 atom stereocenters. The van der Waals surface area contributed by atoms with Crippen molar-refractivity contribution in [3.63, 3.8) is 0 Å². The number of carbonyl (C=O) groups is 1. The Balaban J connectivity index is 1.60.